The smallest absolute Gasteiger partial charge is 0.384 e. The molecular formula is C14H14O9S. The Morgan fingerprint density at radius 3 is 1.71 bits per heavy atom. The molecule has 1 heterocycles. The average Bonchev–Trinajstić information content (AvgIpc) is 3.00. The molecule has 0 aliphatic rings. The zero-order valence-corrected chi connectivity index (χ0v) is 14.0. The highest BCUT2D eigenvalue weighted by Crippen LogP contribution is 2.29. The molecule has 0 unspecified atom stereocenters. The molecule has 130 valence electrons. The summed E-state index contributed by atoms with van der Waals surface area (Å²) < 4.78 is 17.1. The van der Waals surface area contributed by atoms with Gasteiger partial charge in [-0.05, 0) is 0 Å². The van der Waals surface area contributed by atoms with Gasteiger partial charge in [0.15, 0.2) is 4.88 Å². The summed E-state index contributed by atoms with van der Waals surface area (Å²) in [5.41, 5.74) is 0. The van der Waals surface area contributed by atoms with E-state index < -0.39 is 23.9 Å². The van der Waals surface area contributed by atoms with Gasteiger partial charge in [0, 0.05) is 17.9 Å². The van der Waals surface area contributed by atoms with Crippen LogP contribution in [0.3, 0.4) is 0 Å². The number of methoxy groups -OCH3 is 4. The summed E-state index contributed by atoms with van der Waals surface area (Å²) in [4.78, 5) is 42.7. The fourth-order valence-corrected chi connectivity index (χ4v) is 1.91. The minimum atomic E-state index is -0.759. The van der Waals surface area contributed by atoms with Crippen LogP contribution in [0.5, 0.6) is 5.75 Å². The average molecular weight is 358 g/mol. The summed E-state index contributed by atoms with van der Waals surface area (Å²) >= 11 is 0.826. The lowest BCUT2D eigenvalue weighted by Crippen LogP contribution is -1.99. The van der Waals surface area contributed by atoms with Crippen molar-refractivity contribution in [3.05, 3.63) is 15.8 Å². The molecule has 0 saturated carbocycles. The minimum absolute atomic E-state index is 0.00657. The van der Waals surface area contributed by atoms with Crippen LogP contribution in [0.4, 0.5) is 0 Å². The molecule has 0 bridgehead atoms. The topological polar surface area (TPSA) is 125 Å². The van der Waals surface area contributed by atoms with E-state index in [1.165, 1.54) is 34.5 Å². The third-order valence-electron chi connectivity index (χ3n) is 2.11. The number of carbonyl (C=O) groups excluding carboxylic acids is 4. The molecule has 1 N–H and O–H groups in total. The third-order valence-corrected chi connectivity index (χ3v) is 3.19. The first-order valence-corrected chi connectivity index (χ1v) is 6.79. The molecule has 0 atom stereocenters. The summed E-state index contributed by atoms with van der Waals surface area (Å²) in [7, 11) is 4.76. The monoisotopic (exact) mass is 358 g/mol. The Morgan fingerprint density at radius 1 is 0.875 bits per heavy atom. The van der Waals surface area contributed by atoms with Crippen LogP contribution in [0.2, 0.25) is 0 Å². The lowest BCUT2D eigenvalue weighted by Gasteiger charge is -1.94. The number of hydrogen-bond donors (Lipinski definition) is 1. The van der Waals surface area contributed by atoms with Crippen LogP contribution in [0.15, 0.2) is 6.07 Å². The number of thiophene rings is 1. The van der Waals surface area contributed by atoms with Gasteiger partial charge in [-0.1, -0.05) is 0 Å². The van der Waals surface area contributed by atoms with Crippen molar-refractivity contribution >= 4 is 35.2 Å². The molecule has 0 aromatic carbocycles. The highest BCUT2D eigenvalue weighted by Gasteiger charge is 2.19. The summed E-state index contributed by atoms with van der Waals surface area (Å²) in [6, 6.07) is 1.17. The summed E-state index contributed by atoms with van der Waals surface area (Å²) in [6.07, 6.45) is 0. The van der Waals surface area contributed by atoms with Crippen molar-refractivity contribution in [2.24, 2.45) is 0 Å². The van der Waals surface area contributed by atoms with E-state index in [-0.39, 0.29) is 15.5 Å². The second-order valence-electron chi connectivity index (χ2n) is 3.54. The summed E-state index contributed by atoms with van der Waals surface area (Å²) in [5.74, 6) is 0.726. The molecule has 24 heavy (non-hydrogen) atoms. The predicted molar refractivity (Wildman–Crippen MR) is 80.5 cm³/mol. The lowest BCUT2D eigenvalue weighted by molar-refractivity contribution is -0.135. The van der Waals surface area contributed by atoms with E-state index in [4.69, 9.17) is 0 Å². The van der Waals surface area contributed by atoms with Crippen molar-refractivity contribution < 1.29 is 43.2 Å². The molecule has 1 aromatic heterocycles. The second-order valence-corrected chi connectivity index (χ2v) is 4.59. The molecule has 0 amide bonds. The zero-order chi connectivity index (χ0) is 18.7. The van der Waals surface area contributed by atoms with E-state index in [0.717, 1.165) is 11.3 Å². The second kappa shape index (κ2) is 10.6. The molecule has 0 aliphatic heterocycles. The van der Waals surface area contributed by atoms with Gasteiger partial charge in [0.05, 0.1) is 28.4 Å². The maximum absolute atomic E-state index is 11.0. The fourth-order valence-electron chi connectivity index (χ4n) is 1.03. The molecule has 0 aliphatic carbocycles. The van der Waals surface area contributed by atoms with Crippen molar-refractivity contribution in [3.8, 4) is 17.6 Å². The number of esters is 4. The quantitative estimate of drug-likeness (QED) is 0.345. The van der Waals surface area contributed by atoms with Crippen LogP contribution in [0.1, 0.15) is 19.3 Å². The van der Waals surface area contributed by atoms with Gasteiger partial charge < -0.3 is 24.1 Å². The maximum atomic E-state index is 11.0. The van der Waals surface area contributed by atoms with Gasteiger partial charge in [-0.2, -0.15) is 0 Å². The molecule has 0 saturated heterocycles. The predicted octanol–water partition coefficient (Wildman–Crippen LogP) is 0.363. The van der Waals surface area contributed by atoms with Crippen molar-refractivity contribution in [2.45, 2.75) is 0 Å². The normalized spacial score (nSPS) is 8.50. The van der Waals surface area contributed by atoms with Crippen LogP contribution in [-0.2, 0) is 28.5 Å². The first-order chi connectivity index (χ1) is 11.3. The van der Waals surface area contributed by atoms with E-state index in [2.05, 4.69) is 18.9 Å². The first kappa shape index (κ1) is 20.9. The number of rotatable bonds is 2. The third kappa shape index (κ3) is 6.80. The van der Waals surface area contributed by atoms with Crippen molar-refractivity contribution in [1.82, 2.24) is 0 Å². The number of carbonyl (C=O) groups is 4. The Bertz CT molecular complexity index is 658. The van der Waals surface area contributed by atoms with Crippen LogP contribution < -0.4 is 0 Å². The van der Waals surface area contributed by atoms with Gasteiger partial charge in [-0.15, -0.1) is 11.3 Å². The summed E-state index contributed by atoms with van der Waals surface area (Å²) in [6.45, 7) is 0. The van der Waals surface area contributed by atoms with Crippen LogP contribution >= 0.6 is 11.3 Å². The summed E-state index contributed by atoms with van der Waals surface area (Å²) in [5, 5.41) is 9.28. The highest BCUT2D eigenvalue weighted by atomic mass is 32.1. The molecule has 0 fully saturated rings. The number of aromatic hydroxyl groups is 1. The fraction of sp³-hybridized carbons (Fsp3) is 0.286. The largest absolute Gasteiger partial charge is 0.506 e. The van der Waals surface area contributed by atoms with E-state index in [9.17, 15) is 24.3 Å². The van der Waals surface area contributed by atoms with E-state index in [1.54, 1.807) is 0 Å². The van der Waals surface area contributed by atoms with Gasteiger partial charge >= 0.3 is 23.9 Å². The Balaban J connectivity index is 0.000000470. The molecule has 0 radical (unpaired) electrons. The minimum Gasteiger partial charge on any atom is -0.506 e. The standard InChI is InChI=1S/C8H8O5S.C6H6O4/c1-12-7(10)5-3-4(9)6(14-5)8(11)13-2;1-9-5(7)3-4-6(8)10-2/h3,9H,1-2H3;1-2H3. The molecule has 10 heteroatoms. The Morgan fingerprint density at radius 2 is 1.33 bits per heavy atom. The van der Waals surface area contributed by atoms with Crippen molar-refractivity contribution in [3.63, 3.8) is 0 Å². The number of ether oxygens (including phenoxy) is 4. The number of hydrogen-bond acceptors (Lipinski definition) is 10. The van der Waals surface area contributed by atoms with Gasteiger partial charge in [-0.3, -0.25) is 0 Å². The van der Waals surface area contributed by atoms with E-state index >= 15 is 0 Å². The Hall–Kier alpha value is -3.06. The van der Waals surface area contributed by atoms with E-state index in [0.29, 0.717) is 0 Å². The van der Waals surface area contributed by atoms with Gasteiger partial charge in [-0.25, -0.2) is 19.2 Å². The van der Waals surface area contributed by atoms with Gasteiger partial charge in [0.25, 0.3) is 0 Å². The van der Waals surface area contributed by atoms with Crippen LogP contribution in [0.25, 0.3) is 0 Å². The van der Waals surface area contributed by atoms with Crippen molar-refractivity contribution in [1.29, 1.82) is 0 Å². The highest BCUT2D eigenvalue weighted by molar-refractivity contribution is 7.16. The zero-order valence-electron chi connectivity index (χ0n) is 13.2. The molecular weight excluding hydrogens is 344 g/mol. The first-order valence-electron chi connectivity index (χ1n) is 5.98. The molecule has 0 spiro atoms. The lowest BCUT2D eigenvalue weighted by atomic mass is 10.4. The SMILES string of the molecule is COC(=O)C#CC(=O)OC.COC(=O)c1cc(O)c(C(=O)OC)s1. The molecule has 9 nitrogen and oxygen atoms in total. The van der Waals surface area contributed by atoms with Crippen LogP contribution in [-0.4, -0.2) is 57.4 Å². The van der Waals surface area contributed by atoms with Gasteiger partial charge in [0.1, 0.15) is 10.6 Å². The maximum Gasteiger partial charge on any atom is 0.384 e. The Kier molecular flexibility index (Phi) is 9.27. The van der Waals surface area contributed by atoms with Gasteiger partial charge in [0.2, 0.25) is 0 Å². The van der Waals surface area contributed by atoms with E-state index in [1.807, 2.05) is 11.8 Å². The molecule has 1 aromatic rings. The Labute approximate surface area is 141 Å². The van der Waals surface area contributed by atoms with Crippen molar-refractivity contribution in [2.75, 3.05) is 28.4 Å². The van der Waals surface area contributed by atoms with Crippen LogP contribution in [0, 0.1) is 11.8 Å². The molecule has 1 rings (SSSR count).